The predicted molar refractivity (Wildman–Crippen MR) is 268 cm³/mol. The molecular weight excluding hydrogens is 929 g/mol. The molecule has 23 nitrogen and oxygen atoms in total. The number of primary amides is 1. The van der Waals surface area contributed by atoms with Crippen LogP contribution in [0.1, 0.15) is 76.6 Å². The van der Waals surface area contributed by atoms with E-state index in [0.29, 0.717) is 30.5 Å². The molecule has 0 radical (unpaired) electrons. The number of aromatic amines is 1. The lowest BCUT2D eigenvalue weighted by Crippen LogP contribution is -2.62. The minimum Gasteiger partial charge on any atom is -0.508 e. The fourth-order valence-corrected chi connectivity index (χ4v) is 8.18. The number of amides is 8. The fraction of sp³-hybridized carbons (Fsp3) is 0.510. The van der Waals surface area contributed by atoms with Crippen LogP contribution in [0.15, 0.2) is 72.1 Å². The second kappa shape index (κ2) is 28.3. The fourth-order valence-electron chi connectivity index (χ4n) is 8.18. The van der Waals surface area contributed by atoms with Crippen LogP contribution in [0.2, 0.25) is 0 Å². The van der Waals surface area contributed by atoms with Gasteiger partial charge in [0.05, 0.1) is 12.9 Å². The number of guanidine groups is 1. The van der Waals surface area contributed by atoms with Crippen molar-refractivity contribution in [3.05, 3.63) is 83.9 Å². The summed E-state index contributed by atoms with van der Waals surface area (Å²) < 4.78 is 0. The van der Waals surface area contributed by atoms with Gasteiger partial charge in [0, 0.05) is 44.2 Å². The van der Waals surface area contributed by atoms with Crippen LogP contribution < -0.4 is 54.4 Å². The van der Waals surface area contributed by atoms with E-state index in [-0.39, 0.29) is 63.4 Å². The lowest BCUT2D eigenvalue weighted by atomic mass is 9.96. The van der Waals surface area contributed by atoms with Crippen molar-refractivity contribution >= 4 is 53.2 Å². The molecule has 0 spiro atoms. The number of aliphatic imine (C=N–C) groups is 1. The van der Waals surface area contributed by atoms with Crippen molar-refractivity contribution in [3.63, 3.8) is 0 Å². The number of likely N-dealkylation sites (N-methyl/N-ethyl adjacent to an activating group) is 1. The monoisotopic (exact) mass is 1000 g/mol. The number of nitrogens with two attached hydrogens (primary N) is 3. The summed E-state index contributed by atoms with van der Waals surface area (Å²) >= 11 is 0. The van der Waals surface area contributed by atoms with E-state index in [1.54, 1.807) is 64.2 Å². The second-order valence-corrected chi connectivity index (χ2v) is 18.3. The summed E-state index contributed by atoms with van der Waals surface area (Å²) in [7, 11) is 1.57. The predicted octanol–water partition coefficient (Wildman–Crippen LogP) is -1.50. The number of carbonyl (C=O) groups excluding carboxylic acids is 8. The lowest BCUT2D eigenvalue weighted by molar-refractivity contribution is -0.142. The molecule has 3 aromatic rings. The molecule has 1 aromatic heterocycles. The van der Waals surface area contributed by atoms with E-state index in [4.69, 9.17) is 17.2 Å². The number of phenolic OH excluding ortho intramolecular Hbond substituents is 1. The van der Waals surface area contributed by atoms with Crippen LogP contribution in [-0.2, 0) is 57.6 Å². The van der Waals surface area contributed by atoms with E-state index in [9.17, 15) is 43.5 Å². The van der Waals surface area contributed by atoms with Gasteiger partial charge in [-0.1, -0.05) is 76.6 Å². The Labute approximate surface area is 419 Å². The van der Waals surface area contributed by atoms with E-state index in [1.807, 2.05) is 13.0 Å². The van der Waals surface area contributed by atoms with Gasteiger partial charge in [-0.15, -0.1) is 0 Å². The maximum atomic E-state index is 14.6. The molecule has 0 bridgehead atoms. The number of aromatic nitrogens is 2. The number of nitrogens with zero attached hydrogens (tertiary/aromatic N) is 3. The SMILES string of the molecule is CC[C@H](C)[C@H](NC(=O)[C@H](Cc1ccc(O)cc1)NC(=O)[C@@H](NC(=O)[C@@H](CCCN=C(N)N)NC(=O)CNC)C(C)C)C(=O)N[C@@H](Cc1cnc[nH]1)C(=O)N1CCC[C@@H]1C(=O)N[C@H](Cc1ccccc1)C(N)=O. The van der Waals surface area contributed by atoms with Gasteiger partial charge < -0.3 is 69.4 Å². The molecule has 392 valence electrons. The zero-order valence-electron chi connectivity index (χ0n) is 41.6. The molecule has 1 fully saturated rings. The van der Waals surface area contributed by atoms with Crippen molar-refractivity contribution in [2.45, 2.75) is 121 Å². The van der Waals surface area contributed by atoms with Crippen LogP contribution in [0.4, 0.5) is 0 Å². The first-order valence-corrected chi connectivity index (χ1v) is 24.2. The van der Waals surface area contributed by atoms with Gasteiger partial charge in [0.1, 0.15) is 48.0 Å². The number of hydrogen-bond donors (Lipinski definition) is 12. The molecule has 1 saturated heterocycles. The Morgan fingerprint density at radius 3 is 2.00 bits per heavy atom. The topological polar surface area (TPSA) is 363 Å². The highest BCUT2D eigenvalue weighted by molar-refractivity contribution is 5.98. The first-order valence-electron chi connectivity index (χ1n) is 24.2. The lowest BCUT2D eigenvalue weighted by Gasteiger charge is -2.32. The molecule has 0 saturated carbocycles. The highest BCUT2D eigenvalue weighted by Gasteiger charge is 2.41. The van der Waals surface area contributed by atoms with Gasteiger partial charge in [-0.05, 0) is 67.8 Å². The quantitative estimate of drug-likeness (QED) is 0.0224. The first-order chi connectivity index (χ1) is 34.3. The molecule has 1 aliphatic rings. The molecule has 15 N–H and O–H groups in total. The minimum absolute atomic E-state index is 0.0347. The van der Waals surface area contributed by atoms with Gasteiger partial charge in [0.2, 0.25) is 47.3 Å². The number of phenols is 1. The van der Waals surface area contributed by atoms with Crippen LogP contribution in [0.3, 0.4) is 0 Å². The Balaban J connectivity index is 1.58. The summed E-state index contributed by atoms with van der Waals surface area (Å²) in [6.45, 7) is 7.22. The van der Waals surface area contributed by atoms with Gasteiger partial charge in [0.15, 0.2) is 5.96 Å². The zero-order chi connectivity index (χ0) is 52.9. The van der Waals surface area contributed by atoms with E-state index < -0.39 is 101 Å². The van der Waals surface area contributed by atoms with Crippen LogP contribution in [0.5, 0.6) is 5.75 Å². The molecule has 23 heteroatoms. The molecule has 0 unspecified atom stereocenters. The Hall–Kier alpha value is -7.56. The van der Waals surface area contributed by atoms with Gasteiger partial charge in [-0.25, -0.2) is 4.98 Å². The van der Waals surface area contributed by atoms with Crippen molar-refractivity contribution in [2.24, 2.45) is 34.0 Å². The van der Waals surface area contributed by atoms with Crippen molar-refractivity contribution in [1.29, 1.82) is 0 Å². The third-order valence-corrected chi connectivity index (χ3v) is 12.4. The van der Waals surface area contributed by atoms with Crippen LogP contribution in [0.25, 0.3) is 0 Å². The Morgan fingerprint density at radius 1 is 0.764 bits per heavy atom. The number of H-pyrrole nitrogens is 1. The van der Waals surface area contributed by atoms with Crippen molar-refractivity contribution in [3.8, 4) is 5.75 Å². The van der Waals surface area contributed by atoms with E-state index >= 15 is 0 Å². The number of nitrogens with one attached hydrogen (secondary N) is 8. The van der Waals surface area contributed by atoms with Crippen molar-refractivity contribution < 1.29 is 43.5 Å². The maximum Gasteiger partial charge on any atom is 0.246 e. The highest BCUT2D eigenvalue weighted by atomic mass is 16.3. The van der Waals surface area contributed by atoms with Crippen LogP contribution >= 0.6 is 0 Å². The van der Waals surface area contributed by atoms with E-state index in [1.165, 1.54) is 29.6 Å². The average molecular weight is 1000 g/mol. The number of likely N-dealkylation sites (tertiary alicyclic amines) is 1. The second-order valence-electron chi connectivity index (χ2n) is 18.3. The molecule has 0 aliphatic carbocycles. The molecule has 2 aromatic carbocycles. The van der Waals surface area contributed by atoms with Crippen molar-refractivity contribution in [1.82, 2.24) is 52.1 Å². The summed E-state index contributed by atoms with van der Waals surface area (Å²) in [5.41, 5.74) is 18.4. The summed E-state index contributed by atoms with van der Waals surface area (Å²) in [5.74, 6) is -6.47. The van der Waals surface area contributed by atoms with E-state index in [0.717, 1.165) is 5.56 Å². The third kappa shape index (κ3) is 17.7. The summed E-state index contributed by atoms with van der Waals surface area (Å²) in [6.07, 6.45) is 4.46. The Morgan fingerprint density at radius 2 is 1.39 bits per heavy atom. The first kappa shape index (κ1) is 57.0. The number of rotatable bonds is 28. The molecule has 1 aliphatic heterocycles. The van der Waals surface area contributed by atoms with Crippen LogP contribution in [-0.4, -0.2) is 142 Å². The molecule has 4 rings (SSSR count). The van der Waals surface area contributed by atoms with Crippen LogP contribution in [0, 0.1) is 11.8 Å². The molecule has 8 amide bonds. The molecule has 2 heterocycles. The maximum absolute atomic E-state index is 14.6. The largest absolute Gasteiger partial charge is 0.508 e. The Bertz CT molecular complexity index is 2310. The zero-order valence-corrected chi connectivity index (χ0v) is 41.6. The number of benzene rings is 2. The Kier molecular flexibility index (Phi) is 22.4. The standard InChI is InChI=1S/C49H72N14O9/c1-6-29(4)41(47(71)60-37(24-32-25-54-27-56-32)48(72)63-21-11-15-38(63)45(69)58-35(42(50)66)22-30-12-8-7-9-13-30)62-44(68)36(23-31-16-18-33(64)19-17-31)59-46(70)40(28(2)3)61-43(67)34(57-39(65)26-53-5)14-10-20-55-49(51)52/h7-9,12-13,16-19,25,27-29,34-38,40-41,53,64H,6,10-11,14-15,20-24,26H2,1-5H3,(H2,50,66)(H,54,56)(H,57,65)(H,58,69)(H,59,70)(H,60,71)(H,61,67)(H,62,68)(H4,51,52,55)/t29-,34+,35+,36-,37-,38+,40-,41-/m0/s1. The van der Waals surface area contributed by atoms with Gasteiger partial charge in [0.25, 0.3) is 0 Å². The summed E-state index contributed by atoms with van der Waals surface area (Å²) in [5, 5.41) is 29.3. The summed E-state index contributed by atoms with van der Waals surface area (Å²) in [4.78, 5) is 123. The smallest absolute Gasteiger partial charge is 0.246 e. The number of carbonyl (C=O) groups is 8. The summed E-state index contributed by atoms with van der Waals surface area (Å²) in [6, 6.07) is 6.82. The number of imidazole rings is 1. The van der Waals surface area contributed by atoms with Gasteiger partial charge in [-0.3, -0.25) is 43.3 Å². The number of hydrogen-bond acceptors (Lipinski definition) is 12. The molecule has 8 atom stereocenters. The van der Waals surface area contributed by atoms with Gasteiger partial charge >= 0.3 is 0 Å². The highest BCUT2D eigenvalue weighted by Crippen LogP contribution is 2.21. The van der Waals surface area contributed by atoms with E-state index in [2.05, 4.69) is 52.2 Å². The van der Waals surface area contributed by atoms with Crippen molar-refractivity contribution in [2.75, 3.05) is 26.7 Å². The average Bonchev–Trinajstić information content (AvgIpc) is 4.06. The van der Waals surface area contributed by atoms with Gasteiger partial charge in [-0.2, -0.15) is 0 Å². The third-order valence-electron chi connectivity index (χ3n) is 12.4. The molecular formula is C49H72N14O9. The minimum atomic E-state index is -1.34. The number of aromatic hydroxyl groups is 1. The normalized spacial score (nSPS) is 16.1. The molecule has 72 heavy (non-hydrogen) atoms.